The second kappa shape index (κ2) is 4.64. The molecule has 0 saturated carbocycles. The molecule has 0 fully saturated rings. The minimum absolute atomic E-state index is 0.0472. The van der Waals surface area contributed by atoms with E-state index in [1.807, 2.05) is 20.8 Å². The molecule has 1 N–H and O–H groups in total. The predicted octanol–water partition coefficient (Wildman–Crippen LogP) is 3.79. The van der Waals surface area contributed by atoms with Gasteiger partial charge < -0.3 is 4.74 Å². The summed E-state index contributed by atoms with van der Waals surface area (Å²) in [7, 11) is 0. The molecule has 0 saturated heterocycles. The highest BCUT2D eigenvalue weighted by Gasteiger charge is 2.20. The van der Waals surface area contributed by atoms with Crippen LogP contribution < -0.4 is 5.32 Å². The van der Waals surface area contributed by atoms with Crippen molar-refractivity contribution in [2.45, 2.75) is 52.6 Å². The molecule has 4 nitrogen and oxygen atoms in total. The Morgan fingerprint density at radius 2 is 1.88 bits per heavy atom. The maximum atomic E-state index is 11.5. The molecule has 0 spiro atoms. The number of thiazole rings is 1. The van der Waals surface area contributed by atoms with Crippen LogP contribution in [0.25, 0.3) is 0 Å². The monoisotopic (exact) mass is 256 g/mol. The average Bonchev–Trinajstić information content (AvgIpc) is 2.47. The number of ether oxygens (including phenoxy) is 1. The predicted molar refractivity (Wildman–Crippen MR) is 70.7 cm³/mol. The number of amides is 1. The van der Waals surface area contributed by atoms with Gasteiger partial charge in [0, 0.05) is 11.1 Å². The number of carbonyl (C=O) groups is 1. The van der Waals surface area contributed by atoms with Crippen LogP contribution in [0.1, 0.15) is 46.4 Å². The van der Waals surface area contributed by atoms with E-state index in [1.54, 1.807) is 6.20 Å². The normalized spacial score (nSPS) is 12.4. The summed E-state index contributed by atoms with van der Waals surface area (Å²) in [5, 5.41) is 3.21. The first-order valence-electron chi connectivity index (χ1n) is 5.54. The van der Waals surface area contributed by atoms with Gasteiger partial charge in [-0.2, -0.15) is 0 Å². The summed E-state index contributed by atoms with van der Waals surface area (Å²) in [6.45, 7) is 11.8. The van der Waals surface area contributed by atoms with Gasteiger partial charge in [-0.1, -0.05) is 20.8 Å². The molecular weight excluding hydrogens is 236 g/mol. The van der Waals surface area contributed by atoms with E-state index in [0.29, 0.717) is 5.13 Å². The van der Waals surface area contributed by atoms with E-state index < -0.39 is 11.7 Å². The third-order valence-corrected chi connectivity index (χ3v) is 3.19. The quantitative estimate of drug-likeness (QED) is 0.831. The molecule has 1 amide bonds. The Balaban J connectivity index is 2.65. The van der Waals surface area contributed by atoms with Crippen molar-refractivity contribution in [3.05, 3.63) is 11.1 Å². The van der Waals surface area contributed by atoms with Gasteiger partial charge in [0.1, 0.15) is 5.60 Å². The molecular formula is C12H20N2O2S. The summed E-state index contributed by atoms with van der Waals surface area (Å²) in [5.74, 6) is 0. The highest BCUT2D eigenvalue weighted by atomic mass is 32.1. The first-order chi connectivity index (χ1) is 7.58. The Kier molecular flexibility index (Phi) is 3.81. The van der Waals surface area contributed by atoms with Crippen molar-refractivity contribution in [1.82, 2.24) is 4.98 Å². The highest BCUT2D eigenvalue weighted by molar-refractivity contribution is 7.15. The summed E-state index contributed by atoms with van der Waals surface area (Å²) in [5.41, 5.74) is -0.445. The Morgan fingerprint density at radius 1 is 1.29 bits per heavy atom. The lowest BCUT2D eigenvalue weighted by Gasteiger charge is -2.19. The minimum atomic E-state index is -0.492. The molecule has 0 aliphatic heterocycles. The van der Waals surface area contributed by atoms with Gasteiger partial charge in [-0.25, -0.2) is 9.78 Å². The first kappa shape index (κ1) is 14.0. The molecule has 1 aromatic rings. The lowest BCUT2D eigenvalue weighted by molar-refractivity contribution is 0.0636. The molecule has 1 aromatic heterocycles. The van der Waals surface area contributed by atoms with Crippen LogP contribution in [0.2, 0.25) is 0 Å². The highest BCUT2D eigenvalue weighted by Crippen LogP contribution is 2.30. The molecule has 17 heavy (non-hydrogen) atoms. The molecule has 0 aromatic carbocycles. The third kappa shape index (κ3) is 4.73. The minimum Gasteiger partial charge on any atom is -0.444 e. The van der Waals surface area contributed by atoms with Crippen LogP contribution in [-0.2, 0) is 10.2 Å². The smallest absolute Gasteiger partial charge is 0.413 e. The zero-order valence-electron chi connectivity index (χ0n) is 11.2. The van der Waals surface area contributed by atoms with Gasteiger partial charge in [0.2, 0.25) is 0 Å². The number of nitrogens with zero attached hydrogens (tertiary/aromatic N) is 1. The third-order valence-electron chi connectivity index (χ3n) is 1.85. The summed E-state index contributed by atoms with van der Waals surface area (Å²) in [6, 6.07) is 0. The van der Waals surface area contributed by atoms with Crippen molar-refractivity contribution >= 4 is 22.6 Å². The van der Waals surface area contributed by atoms with E-state index in [-0.39, 0.29) is 5.41 Å². The number of rotatable bonds is 1. The van der Waals surface area contributed by atoms with Crippen molar-refractivity contribution in [2.75, 3.05) is 5.32 Å². The summed E-state index contributed by atoms with van der Waals surface area (Å²) in [6.07, 6.45) is 1.32. The Hall–Kier alpha value is -1.10. The molecule has 5 heteroatoms. The van der Waals surface area contributed by atoms with Crippen LogP contribution in [0, 0.1) is 0 Å². The number of hydrogen-bond acceptors (Lipinski definition) is 4. The van der Waals surface area contributed by atoms with Crippen LogP contribution >= 0.6 is 11.3 Å². The van der Waals surface area contributed by atoms with Gasteiger partial charge in [-0.15, -0.1) is 11.3 Å². The molecule has 0 aliphatic rings. The number of hydrogen-bond donors (Lipinski definition) is 1. The summed E-state index contributed by atoms with van der Waals surface area (Å²) in [4.78, 5) is 16.8. The van der Waals surface area contributed by atoms with Gasteiger partial charge in [0.15, 0.2) is 5.13 Å². The van der Waals surface area contributed by atoms with E-state index in [1.165, 1.54) is 11.3 Å². The number of nitrogens with one attached hydrogen (secondary N) is 1. The molecule has 0 aliphatic carbocycles. The lowest BCUT2D eigenvalue weighted by Crippen LogP contribution is -2.27. The van der Waals surface area contributed by atoms with E-state index in [9.17, 15) is 4.79 Å². The summed E-state index contributed by atoms with van der Waals surface area (Å²) >= 11 is 1.47. The Bertz CT molecular complexity index is 399. The zero-order valence-corrected chi connectivity index (χ0v) is 12.1. The maximum absolute atomic E-state index is 11.5. The van der Waals surface area contributed by atoms with Crippen LogP contribution in [0.4, 0.5) is 9.93 Å². The SMILES string of the molecule is CC(C)(C)OC(=O)Nc1ncc(C(C)(C)C)s1. The van der Waals surface area contributed by atoms with E-state index in [2.05, 4.69) is 31.1 Å². The Morgan fingerprint density at radius 3 is 2.29 bits per heavy atom. The van der Waals surface area contributed by atoms with Gasteiger partial charge >= 0.3 is 6.09 Å². The Labute approximate surface area is 106 Å². The first-order valence-corrected chi connectivity index (χ1v) is 6.36. The molecule has 0 radical (unpaired) electrons. The van der Waals surface area contributed by atoms with Crippen LogP contribution in [-0.4, -0.2) is 16.7 Å². The van der Waals surface area contributed by atoms with Crippen molar-refractivity contribution < 1.29 is 9.53 Å². The largest absolute Gasteiger partial charge is 0.444 e. The molecule has 0 atom stereocenters. The fourth-order valence-electron chi connectivity index (χ4n) is 1.07. The van der Waals surface area contributed by atoms with Crippen LogP contribution in [0.5, 0.6) is 0 Å². The van der Waals surface area contributed by atoms with E-state index in [4.69, 9.17) is 4.74 Å². The maximum Gasteiger partial charge on any atom is 0.413 e. The number of aromatic nitrogens is 1. The van der Waals surface area contributed by atoms with Gasteiger partial charge in [-0.3, -0.25) is 5.32 Å². The average molecular weight is 256 g/mol. The van der Waals surface area contributed by atoms with Crippen molar-refractivity contribution in [2.24, 2.45) is 0 Å². The van der Waals surface area contributed by atoms with Crippen molar-refractivity contribution in [3.63, 3.8) is 0 Å². The second-order valence-corrected chi connectivity index (χ2v) is 6.94. The van der Waals surface area contributed by atoms with Gasteiger partial charge in [0.25, 0.3) is 0 Å². The molecule has 0 bridgehead atoms. The topological polar surface area (TPSA) is 51.2 Å². The van der Waals surface area contributed by atoms with E-state index in [0.717, 1.165) is 4.88 Å². The molecule has 0 unspecified atom stereocenters. The fraction of sp³-hybridized carbons (Fsp3) is 0.667. The fourth-order valence-corrected chi connectivity index (χ4v) is 1.93. The van der Waals surface area contributed by atoms with Crippen molar-refractivity contribution in [3.8, 4) is 0 Å². The van der Waals surface area contributed by atoms with Crippen molar-refractivity contribution in [1.29, 1.82) is 0 Å². The van der Waals surface area contributed by atoms with Gasteiger partial charge in [-0.05, 0) is 26.2 Å². The number of carbonyl (C=O) groups excluding carboxylic acids is 1. The second-order valence-electron chi connectivity index (χ2n) is 5.91. The molecule has 1 heterocycles. The number of anilines is 1. The van der Waals surface area contributed by atoms with Crippen LogP contribution in [0.3, 0.4) is 0 Å². The molecule has 96 valence electrons. The van der Waals surface area contributed by atoms with Gasteiger partial charge in [0.05, 0.1) is 0 Å². The standard InChI is InChI=1S/C12H20N2O2S/c1-11(2,3)8-7-13-9(17-8)14-10(15)16-12(4,5)6/h7H,1-6H3,(H,13,14,15). The molecule has 1 rings (SSSR count). The zero-order chi connectivity index (χ0) is 13.3. The van der Waals surface area contributed by atoms with E-state index >= 15 is 0 Å². The lowest BCUT2D eigenvalue weighted by atomic mass is 9.96. The van der Waals surface area contributed by atoms with Crippen LogP contribution in [0.15, 0.2) is 6.20 Å². The summed E-state index contributed by atoms with van der Waals surface area (Å²) < 4.78 is 5.15.